The summed E-state index contributed by atoms with van der Waals surface area (Å²) in [6.07, 6.45) is 1.04. The van der Waals surface area contributed by atoms with Crippen molar-refractivity contribution in [1.29, 1.82) is 0 Å². The minimum atomic E-state index is 0.131. The zero-order chi connectivity index (χ0) is 19.2. The third-order valence-electron chi connectivity index (χ3n) is 4.85. The van der Waals surface area contributed by atoms with Crippen LogP contribution >= 0.6 is 0 Å². The number of nitrogens with zero attached hydrogens (tertiary/aromatic N) is 3. The maximum absolute atomic E-state index is 12.3. The molecule has 0 atom stereocenters. The van der Waals surface area contributed by atoms with E-state index in [0.717, 1.165) is 11.1 Å². The number of ether oxygens (including phenoxy) is 1. The van der Waals surface area contributed by atoms with Gasteiger partial charge in [-0.3, -0.25) is 4.79 Å². The molecular formula is C22H23N3O3. The summed E-state index contributed by atoms with van der Waals surface area (Å²) >= 11 is 0. The average Bonchev–Trinajstić information content (AvgIpc) is 3.14. The molecule has 6 nitrogen and oxygen atoms in total. The zero-order valence-electron chi connectivity index (χ0n) is 15.7. The van der Waals surface area contributed by atoms with Crippen LogP contribution in [0.4, 0.5) is 0 Å². The molecule has 0 unspecified atom stereocenters. The zero-order valence-corrected chi connectivity index (χ0v) is 15.7. The fourth-order valence-electron chi connectivity index (χ4n) is 3.18. The summed E-state index contributed by atoms with van der Waals surface area (Å²) in [6.45, 7) is 2.39. The summed E-state index contributed by atoms with van der Waals surface area (Å²) in [4.78, 5) is 18.6. The molecular weight excluding hydrogens is 354 g/mol. The van der Waals surface area contributed by atoms with Gasteiger partial charge in [0.1, 0.15) is 0 Å². The van der Waals surface area contributed by atoms with Crippen molar-refractivity contribution in [3.05, 3.63) is 83.5 Å². The van der Waals surface area contributed by atoms with E-state index in [0.29, 0.717) is 50.9 Å². The molecule has 6 heteroatoms. The second kappa shape index (κ2) is 8.80. The van der Waals surface area contributed by atoms with Gasteiger partial charge in [0.25, 0.3) is 0 Å². The maximum Gasteiger partial charge on any atom is 0.233 e. The van der Waals surface area contributed by atoms with E-state index in [2.05, 4.69) is 10.1 Å². The largest absolute Gasteiger partial charge is 0.376 e. The highest BCUT2D eigenvalue weighted by Gasteiger charge is 2.35. The molecule has 1 fully saturated rings. The van der Waals surface area contributed by atoms with Crippen LogP contribution in [0, 0.1) is 0 Å². The summed E-state index contributed by atoms with van der Waals surface area (Å²) in [6, 6.07) is 19.8. The van der Waals surface area contributed by atoms with Gasteiger partial charge < -0.3 is 14.2 Å². The monoisotopic (exact) mass is 377 g/mol. The Balaban J connectivity index is 1.18. The van der Waals surface area contributed by atoms with Crippen molar-refractivity contribution in [2.24, 2.45) is 0 Å². The number of aromatic nitrogens is 2. The molecule has 0 saturated carbocycles. The van der Waals surface area contributed by atoms with Gasteiger partial charge in [-0.25, -0.2) is 0 Å². The Labute approximate surface area is 164 Å². The van der Waals surface area contributed by atoms with E-state index < -0.39 is 0 Å². The van der Waals surface area contributed by atoms with Crippen LogP contribution in [0.15, 0.2) is 65.2 Å². The Morgan fingerprint density at radius 1 is 1.04 bits per heavy atom. The van der Waals surface area contributed by atoms with Gasteiger partial charge in [-0.2, -0.15) is 4.98 Å². The third kappa shape index (κ3) is 4.64. The number of hydrogen-bond acceptors (Lipinski definition) is 5. The Bertz CT molecular complexity index is 890. The second-order valence-corrected chi connectivity index (χ2v) is 7.00. The van der Waals surface area contributed by atoms with Gasteiger partial charge in [0.2, 0.25) is 11.8 Å². The van der Waals surface area contributed by atoms with Crippen molar-refractivity contribution in [3.63, 3.8) is 0 Å². The van der Waals surface area contributed by atoms with E-state index >= 15 is 0 Å². The Hall–Kier alpha value is -2.99. The van der Waals surface area contributed by atoms with Crippen LogP contribution in [0.3, 0.4) is 0 Å². The first-order valence-electron chi connectivity index (χ1n) is 9.54. The normalized spacial score (nSPS) is 14.1. The van der Waals surface area contributed by atoms with Gasteiger partial charge in [0, 0.05) is 19.5 Å². The van der Waals surface area contributed by atoms with Crippen LogP contribution in [-0.4, -0.2) is 40.6 Å². The molecule has 1 aromatic heterocycles. The van der Waals surface area contributed by atoms with Crippen molar-refractivity contribution in [2.45, 2.75) is 25.4 Å². The van der Waals surface area contributed by atoms with Crippen molar-refractivity contribution in [1.82, 2.24) is 15.0 Å². The van der Waals surface area contributed by atoms with Crippen LogP contribution in [0.1, 0.15) is 28.8 Å². The molecule has 2 aromatic carbocycles. The van der Waals surface area contributed by atoms with Crippen molar-refractivity contribution < 1.29 is 14.1 Å². The first kappa shape index (κ1) is 18.4. The minimum Gasteiger partial charge on any atom is -0.376 e. The number of amides is 1. The second-order valence-electron chi connectivity index (χ2n) is 7.00. The van der Waals surface area contributed by atoms with E-state index in [1.807, 2.05) is 65.6 Å². The molecule has 3 aromatic rings. The number of hydrogen-bond donors (Lipinski definition) is 0. The predicted molar refractivity (Wildman–Crippen MR) is 104 cm³/mol. The highest BCUT2D eigenvalue weighted by molar-refractivity contribution is 5.79. The SMILES string of the molecule is O=C(Cc1ccccc1)N1CC(c2nc(CCOCc3ccccc3)no2)C1. The lowest BCUT2D eigenvalue weighted by molar-refractivity contribution is -0.135. The van der Waals surface area contributed by atoms with E-state index in [-0.39, 0.29) is 11.8 Å². The highest BCUT2D eigenvalue weighted by atomic mass is 16.5. The molecule has 0 radical (unpaired) electrons. The average molecular weight is 377 g/mol. The molecule has 0 N–H and O–H groups in total. The van der Waals surface area contributed by atoms with Gasteiger partial charge in [-0.05, 0) is 11.1 Å². The Morgan fingerprint density at radius 2 is 1.71 bits per heavy atom. The summed E-state index contributed by atoms with van der Waals surface area (Å²) in [5.41, 5.74) is 2.18. The lowest BCUT2D eigenvalue weighted by Gasteiger charge is -2.37. The quantitative estimate of drug-likeness (QED) is 0.565. The van der Waals surface area contributed by atoms with Crippen LogP contribution in [0.2, 0.25) is 0 Å². The summed E-state index contributed by atoms with van der Waals surface area (Å²) in [5.74, 6) is 1.53. The van der Waals surface area contributed by atoms with E-state index in [9.17, 15) is 4.79 Å². The number of rotatable bonds is 8. The molecule has 28 heavy (non-hydrogen) atoms. The van der Waals surface area contributed by atoms with E-state index in [1.54, 1.807) is 0 Å². The summed E-state index contributed by atoms with van der Waals surface area (Å²) < 4.78 is 11.0. The summed E-state index contributed by atoms with van der Waals surface area (Å²) in [7, 11) is 0. The first-order valence-corrected chi connectivity index (χ1v) is 9.54. The molecule has 0 bridgehead atoms. The minimum absolute atomic E-state index is 0.131. The van der Waals surface area contributed by atoms with Crippen LogP contribution in [0.25, 0.3) is 0 Å². The van der Waals surface area contributed by atoms with E-state index in [1.165, 1.54) is 0 Å². The van der Waals surface area contributed by atoms with Crippen LogP contribution in [-0.2, 0) is 29.0 Å². The number of carbonyl (C=O) groups is 1. The van der Waals surface area contributed by atoms with Crippen LogP contribution < -0.4 is 0 Å². The third-order valence-corrected chi connectivity index (χ3v) is 4.85. The van der Waals surface area contributed by atoms with Crippen molar-refractivity contribution in [2.75, 3.05) is 19.7 Å². The standard InChI is InChI=1S/C22H23N3O3/c26-21(13-17-7-3-1-4-8-17)25-14-19(15-25)22-23-20(24-28-22)11-12-27-16-18-9-5-2-6-10-18/h1-10,19H,11-16H2. The molecule has 1 aliphatic heterocycles. The number of benzene rings is 2. The number of likely N-dealkylation sites (tertiary alicyclic amines) is 1. The van der Waals surface area contributed by atoms with Gasteiger partial charge in [0.05, 0.1) is 25.6 Å². The summed E-state index contributed by atoms with van der Waals surface area (Å²) in [5, 5.41) is 4.03. The molecule has 0 aliphatic carbocycles. The van der Waals surface area contributed by atoms with E-state index in [4.69, 9.17) is 9.26 Å². The molecule has 1 amide bonds. The van der Waals surface area contributed by atoms with Crippen molar-refractivity contribution >= 4 is 5.91 Å². The molecule has 1 aliphatic rings. The molecule has 144 valence electrons. The molecule has 4 rings (SSSR count). The van der Waals surface area contributed by atoms with Crippen molar-refractivity contribution in [3.8, 4) is 0 Å². The van der Waals surface area contributed by atoms with Gasteiger partial charge in [-0.15, -0.1) is 0 Å². The van der Waals surface area contributed by atoms with Gasteiger partial charge >= 0.3 is 0 Å². The van der Waals surface area contributed by atoms with Crippen LogP contribution in [0.5, 0.6) is 0 Å². The molecule has 1 saturated heterocycles. The topological polar surface area (TPSA) is 68.5 Å². The first-order chi connectivity index (χ1) is 13.8. The van der Waals surface area contributed by atoms with Gasteiger partial charge in [-0.1, -0.05) is 65.8 Å². The number of carbonyl (C=O) groups excluding carboxylic acids is 1. The Morgan fingerprint density at radius 3 is 2.43 bits per heavy atom. The molecule has 0 spiro atoms. The van der Waals surface area contributed by atoms with Gasteiger partial charge in [0.15, 0.2) is 5.82 Å². The maximum atomic E-state index is 12.3. The smallest absolute Gasteiger partial charge is 0.233 e. The Kier molecular flexibility index (Phi) is 5.77. The molecule has 2 heterocycles. The fourth-order valence-corrected chi connectivity index (χ4v) is 3.18. The lowest BCUT2D eigenvalue weighted by Crippen LogP contribution is -2.49. The lowest BCUT2D eigenvalue weighted by atomic mass is 9.99. The highest BCUT2D eigenvalue weighted by Crippen LogP contribution is 2.26. The predicted octanol–water partition coefficient (Wildman–Crippen LogP) is 3.00. The fraction of sp³-hybridized carbons (Fsp3) is 0.318.